The average Bonchev–Trinajstić information content (AvgIpc) is 3.44. The smallest absolute Gasteiger partial charge is 0.224 e. The molecule has 1 aliphatic carbocycles. The number of nitrogens with zero attached hydrogens (tertiary/aromatic N) is 4. The van der Waals surface area contributed by atoms with Crippen LogP contribution in [-0.2, 0) is 9.53 Å². The van der Waals surface area contributed by atoms with Crippen LogP contribution in [0.5, 0.6) is 5.75 Å². The zero-order chi connectivity index (χ0) is 28.6. The van der Waals surface area contributed by atoms with Gasteiger partial charge >= 0.3 is 0 Å². The van der Waals surface area contributed by atoms with Crippen molar-refractivity contribution in [2.75, 3.05) is 51.1 Å². The van der Waals surface area contributed by atoms with Crippen LogP contribution in [0.15, 0.2) is 48.7 Å². The second-order valence-corrected chi connectivity index (χ2v) is 10.2. The maximum absolute atomic E-state index is 12.2. The Balaban J connectivity index is 1.45. The van der Waals surface area contributed by atoms with Crippen LogP contribution in [0.2, 0.25) is 0 Å². The molecule has 2 heterocycles. The summed E-state index contributed by atoms with van der Waals surface area (Å²) in [5.74, 6) is 2.04. The molecule has 5 rings (SSSR count). The number of H-pyrrole nitrogens is 1. The number of carbonyl (C=O) groups excluding carboxylic acids is 1. The molecule has 0 fully saturated rings. The van der Waals surface area contributed by atoms with Crippen LogP contribution in [0.3, 0.4) is 0 Å². The summed E-state index contributed by atoms with van der Waals surface area (Å²) in [5, 5.41) is 16.7. The van der Waals surface area contributed by atoms with Gasteiger partial charge in [-0.05, 0) is 50.2 Å². The number of aromatic nitrogens is 4. The van der Waals surface area contributed by atoms with Crippen LogP contribution >= 0.6 is 0 Å². The molecule has 10 nitrogen and oxygen atoms in total. The summed E-state index contributed by atoms with van der Waals surface area (Å²) in [5.41, 5.74) is 2.34. The Bertz CT molecular complexity index is 1620. The number of anilines is 2. The Kier molecular flexibility index (Phi) is 9.22. The number of nitrogens with one attached hydrogen (secondary N) is 3. The van der Waals surface area contributed by atoms with E-state index in [4.69, 9.17) is 19.4 Å². The number of hydrogen-bond donors (Lipinski definition) is 3. The van der Waals surface area contributed by atoms with E-state index in [1.165, 1.54) is 0 Å². The third-order valence-corrected chi connectivity index (χ3v) is 6.95. The van der Waals surface area contributed by atoms with E-state index in [-0.39, 0.29) is 11.9 Å². The zero-order valence-electron chi connectivity index (χ0n) is 23.8. The Labute approximate surface area is 239 Å². The molecule has 2 aromatic heterocycles. The van der Waals surface area contributed by atoms with E-state index in [9.17, 15) is 4.79 Å². The first kappa shape index (κ1) is 28.3. The number of methoxy groups -OCH3 is 1. The van der Waals surface area contributed by atoms with Gasteiger partial charge in [0.25, 0.3) is 0 Å². The number of likely N-dealkylation sites (N-methyl/N-ethyl adjacent to an activating group) is 1. The van der Waals surface area contributed by atoms with Crippen molar-refractivity contribution >= 4 is 40.5 Å². The lowest BCUT2D eigenvalue weighted by Crippen LogP contribution is -2.32. The highest BCUT2D eigenvalue weighted by molar-refractivity contribution is 5.93. The highest BCUT2D eigenvalue weighted by atomic mass is 16.5. The molecular formula is C31H37N7O3. The summed E-state index contributed by atoms with van der Waals surface area (Å²) in [6.07, 6.45) is 8.19. The van der Waals surface area contributed by atoms with Crippen molar-refractivity contribution in [2.24, 2.45) is 0 Å². The van der Waals surface area contributed by atoms with Crippen molar-refractivity contribution in [2.45, 2.75) is 32.2 Å². The second-order valence-electron chi connectivity index (χ2n) is 10.2. The fourth-order valence-electron chi connectivity index (χ4n) is 4.71. The number of benzene rings is 2. The summed E-state index contributed by atoms with van der Waals surface area (Å²) in [6.45, 7) is 4.86. The Morgan fingerprint density at radius 1 is 1.15 bits per heavy atom. The second kappa shape index (κ2) is 13.4. The fourth-order valence-corrected chi connectivity index (χ4v) is 4.71. The van der Waals surface area contributed by atoms with E-state index < -0.39 is 0 Å². The van der Waals surface area contributed by atoms with Crippen molar-refractivity contribution in [3.63, 3.8) is 0 Å². The number of aromatic amines is 1. The molecular weight excluding hydrogens is 518 g/mol. The first-order valence-electron chi connectivity index (χ1n) is 14.0. The summed E-state index contributed by atoms with van der Waals surface area (Å²) < 4.78 is 11.3. The minimum atomic E-state index is -0.00782. The lowest BCUT2D eigenvalue weighted by molar-refractivity contribution is -0.116. The molecule has 10 heteroatoms. The van der Waals surface area contributed by atoms with Gasteiger partial charge in [0.15, 0.2) is 5.82 Å². The van der Waals surface area contributed by atoms with Crippen LogP contribution < -0.4 is 25.9 Å². The van der Waals surface area contributed by atoms with Crippen LogP contribution in [0, 0.1) is 0 Å². The van der Waals surface area contributed by atoms with E-state index in [0.29, 0.717) is 25.5 Å². The lowest BCUT2D eigenvalue weighted by atomic mass is 10.1. The van der Waals surface area contributed by atoms with Crippen molar-refractivity contribution in [3.05, 3.63) is 59.2 Å². The van der Waals surface area contributed by atoms with Crippen LogP contribution in [-0.4, -0.2) is 77.5 Å². The maximum atomic E-state index is 12.2. The van der Waals surface area contributed by atoms with Gasteiger partial charge in [0, 0.05) is 48.5 Å². The molecule has 1 atom stereocenters. The van der Waals surface area contributed by atoms with Crippen molar-refractivity contribution < 1.29 is 14.3 Å². The first-order chi connectivity index (χ1) is 20.0. The summed E-state index contributed by atoms with van der Waals surface area (Å²) in [6, 6.07) is 13.6. The topological polar surface area (TPSA) is 117 Å². The molecule has 0 aliphatic heterocycles. The third-order valence-electron chi connectivity index (χ3n) is 6.95. The van der Waals surface area contributed by atoms with Gasteiger partial charge in [-0.2, -0.15) is 5.10 Å². The highest BCUT2D eigenvalue weighted by Gasteiger charge is 2.16. The molecule has 4 aromatic rings. The molecule has 3 N–H and O–H groups in total. The van der Waals surface area contributed by atoms with Crippen molar-refractivity contribution in [1.29, 1.82) is 0 Å². The van der Waals surface area contributed by atoms with Gasteiger partial charge in [0.2, 0.25) is 5.91 Å². The largest absolute Gasteiger partial charge is 0.492 e. The van der Waals surface area contributed by atoms with E-state index in [1.54, 1.807) is 7.11 Å². The molecule has 0 radical (unpaired) electrons. The van der Waals surface area contributed by atoms with Gasteiger partial charge < -0.3 is 25.0 Å². The predicted octanol–water partition coefficient (Wildman–Crippen LogP) is 3.16. The van der Waals surface area contributed by atoms with Crippen molar-refractivity contribution in [3.8, 4) is 17.1 Å². The van der Waals surface area contributed by atoms with Gasteiger partial charge in [-0.25, -0.2) is 9.97 Å². The molecule has 1 amide bonds. The van der Waals surface area contributed by atoms with Crippen LogP contribution in [0.4, 0.5) is 11.5 Å². The van der Waals surface area contributed by atoms with Crippen LogP contribution in [0.1, 0.15) is 26.2 Å². The highest BCUT2D eigenvalue weighted by Crippen LogP contribution is 2.30. The zero-order valence-corrected chi connectivity index (χ0v) is 23.8. The van der Waals surface area contributed by atoms with E-state index >= 15 is 0 Å². The number of hydrogen-bond acceptors (Lipinski definition) is 8. The molecule has 1 unspecified atom stereocenters. The van der Waals surface area contributed by atoms with E-state index in [1.807, 2.05) is 62.6 Å². The van der Waals surface area contributed by atoms with Gasteiger partial charge in [0.05, 0.1) is 29.7 Å². The Morgan fingerprint density at radius 3 is 2.88 bits per heavy atom. The van der Waals surface area contributed by atoms with Gasteiger partial charge in [0.1, 0.15) is 18.2 Å². The number of rotatable bonds is 13. The fraction of sp³-hybridized carbons (Fsp3) is 0.355. The summed E-state index contributed by atoms with van der Waals surface area (Å²) in [7, 11) is 3.76. The molecule has 214 valence electrons. The lowest BCUT2D eigenvalue weighted by Gasteiger charge is -2.19. The molecule has 0 saturated heterocycles. The van der Waals surface area contributed by atoms with Crippen LogP contribution in [0.25, 0.3) is 34.4 Å². The number of fused-ring (bicyclic) bond motifs is 2. The monoisotopic (exact) mass is 555 g/mol. The normalized spacial score (nSPS) is 14.3. The summed E-state index contributed by atoms with van der Waals surface area (Å²) in [4.78, 5) is 24.2. The SMILES string of the molecule is CCCC(=O)Nc1cccc(-c2nc(NC3C=c4cn[nH]c4=CC3)c3cc(OCCN(C)CCOC)ccc3n2)c1. The standard InChI is InChI=1S/C31H37N7O3/c1-4-6-29(39)33-23-8-5-7-21(17-23)30-35-28-12-10-25(41-16-14-38(2)13-15-40-3)19-26(28)31(36-30)34-24-9-11-27-22(18-24)20-32-37-27/h5,7-8,10-12,17-20,24,37H,4,6,9,13-16H2,1-3H3,(H,33,39)(H,34,35,36). The number of carbonyl (C=O) groups is 1. The molecule has 0 bridgehead atoms. The van der Waals surface area contributed by atoms with Gasteiger partial charge in [-0.3, -0.25) is 9.89 Å². The molecule has 41 heavy (non-hydrogen) atoms. The molecule has 0 spiro atoms. The Morgan fingerprint density at radius 2 is 2.02 bits per heavy atom. The molecule has 2 aromatic carbocycles. The average molecular weight is 556 g/mol. The minimum absolute atomic E-state index is 0.00782. The van der Waals surface area contributed by atoms with E-state index in [2.05, 4.69) is 37.9 Å². The third kappa shape index (κ3) is 7.27. The van der Waals surface area contributed by atoms with Gasteiger partial charge in [-0.1, -0.05) is 31.2 Å². The van der Waals surface area contributed by atoms with Gasteiger partial charge in [-0.15, -0.1) is 0 Å². The van der Waals surface area contributed by atoms with E-state index in [0.717, 1.165) is 70.2 Å². The maximum Gasteiger partial charge on any atom is 0.224 e. The summed E-state index contributed by atoms with van der Waals surface area (Å²) >= 11 is 0. The van der Waals surface area contributed by atoms with Crippen molar-refractivity contribution in [1.82, 2.24) is 25.1 Å². The minimum Gasteiger partial charge on any atom is -0.492 e. The quantitative estimate of drug-likeness (QED) is 0.230. The number of amides is 1. The predicted molar refractivity (Wildman–Crippen MR) is 162 cm³/mol. The first-order valence-corrected chi connectivity index (χ1v) is 14.0. The Hall–Kier alpha value is -4.28. The molecule has 0 saturated carbocycles. The number of ether oxygens (including phenoxy) is 2. The molecule has 1 aliphatic rings.